The lowest BCUT2D eigenvalue weighted by molar-refractivity contribution is 0.405. The minimum Gasteiger partial charge on any atom is -0.436 e. The van der Waals surface area contributed by atoms with E-state index in [9.17, 15) is 4.39 Å². The van der Waals surface area contributed by atoms with Crippen LogP contribution >= 0.6 is 11.6 Å². The average Bonchev–Trinajstić information content (AvgIpc) is 2.33. The molecule has 0 aliphatic rings. The minimum absolute atomic E-state index is 0.0513. The zero-order chi connectivity index (χ0) is 14.0. The fraction of sp³-hybridized carbons (Fsp3) is 0.286. The van der Waals surface area contributed by atoms with E-state index in [0.29, 0.717) is 5.75 Å². The Kier molecular flexibility index (Phi) is 3.71. The number of para-hydroxylation sites is 1. The molecule has 0 amide bonds. The molecule has 0 radical (unpaired) electrons. The molecule has 19 heavy (non-hydrogen) atoms. The maximum atomic E-state index is 13.6. The molecule has 3 nitrogen and oxygen atoms in total. The number of benzene rings is 1. The fourth-order valence-corrected chi connectivity index (χ4v) is 1.81. The van der Waals surface area contributed by atoms with Gasteiger partial charge in [0.25, 0.3) is 5.88 Å². The van der Waals surface area contributed by atoms with E-state index in [1.807, 2.05) is 18.2 Å². The fourth-order valence-electron chi connectivity index (χ4n) is 1.68. The average molecular weight is 281 g/mol. The van der Waals surface area contributed by atoms with Gasteiger partial charge in [-0.1, -0.05) is 39.0 Å². The molecule has 1 aromatic heterocycles. The van der Waals surface area contributed by atoms with Crippen molar-refractivity contribution in [2.45, 2.75) is 26.2 Å². The molecule has 0 atom stereocenters. The Labute approximate surface area is 116 Å². The molecule has 1 aromatic carbocycles. The summed E-state index contributed by atoms with van der Waals surface area (Å²) in [5, 5.41) is -0.0513. The van der Waals surface area contributed by atoms with Crippen LogP contribution in [0.4, 0.5) is 4.39 Å². The first-order valence-electron chi connectivity index (χ1n) is 5.83. The minimum atomic E-state index is -0.645. The smallest absolute Gasteiger partial charge is 0.260 e. The second-order valence-electron chi connectivity index (χ2n) is 5.14. The first kappa shape index (κ1) is 13.7. The van der Waals surface area contributed by atoms with Gasteiger partial charge in [-0.3, -0.25) is 0 Å². The van der Waals surface area contributed by atoms with Gasteiger partial charge >= 0.3 is 0 Å². The van der Waals surface area contributed by atoms with Crippen molar-refractivity contribution in [2.75, 3.05) is 0 Å². The van der Waals surface area contributed by atoms with Gasteiger partial charge in [-0.15, -0.1) is 0 Å². The van der Waals surface area contributed by atoms with Gasteiger partial charge in [-0.2, -0.15) is 9.37 Å². The van der Waals surface area contributed by atoms with Crippen LogP contribution in [0, 0.1) is 5.82 Å². The Hall–Kier alpha value is -1.68. The van der Waals surface area contributed by atoms with Crippen molar-refractivity contribution in [2.24, 2.45) is 0 Å². The Balaban J connectivity index is 2.41. The summed E-state index contributed by atoms with van der Waals surface area (Å²) in [6.45, 7) is 6.16. The molecule has 0 bridgehead atoms. The van der Waals surface area contributed by atoms with Crippen molar-refractivity contribution in [3.8, 4) is 11.6 Å². The predicted molar refractivity (Wildman–Crippen MR) is 72.2 cm³/mol. The molecule has 0 saturated heterocycles. The topological polar surface area (TPSA) is 35.0 Å². The molecule has 0 unspecified atom stereocenters. The number of hydrogen-bond donors (Lipinski definition) is 0. The van der Waals surface area contributed by atoms with Crippen LogP contribution in [-0.2, 0) is 5.41 Å². The Morgan fingerprint density at radius 3 is 2.58 bits per heavy atom. The summed E-state index contributed by atoms with van der Waals surface area (Å²) in [6.07, 6.45) is 0.990. The largest absolute Gasteiger partial charge is 0.436 e. The number of halogens is 2. The van der Waals surface area contributed by atoms with Crippen LogP contribution in [0.1, 0.15) is 26.3 Å². The maximum Gasteiger partial charge on any atom is 0.260 e. The summed E-state index contributed by atoms with van der Waals surface area (Å²) in [5.74, 6) is -0.256. The van der Waals surface area contributed by atoms with E-state index in [1.54, 1.807) is 6.07 Å². The summed E-state index contributed by atoms with van der Waals surface area (Å²) in [4.78, 5) is 7.30. The molecule has 100 valence electrons. The van der Waals surface area contributed by atoms with Crippen molar-refractivity contribution >= 4 is 11.6 Å². The van der Waals surface area contributed by atoms with Crippen LogP contribution < -0.4 is 4.74 Å². The van der Waals surface area contributed by atoms with Crippen LogP contribution in [0.5, 0.6) is 11.6 Å². The molecule has 0 aliphatic carbocycles. The Bertz CT molecular complexity index is 596. The predicted octanol–water partition coefficient (Wildman–Crippen LogP) is 4.36. The molecule has 0 spiro atoms. The zero-order valence-electron chi connectivity index (χ0n) is 10.9. The molecule has 2 aromatic rings. The van der Waals surface area contributed by atoms with Gasteiger partial charge < -0.3 is 4.74 Å². The Morgan fingerprint density at radius 2 is 1.89 bits per heavy atom. The van der Waals surface area contributed by atoms with E-state index in [2.05, 4.69) is 30.7 Å². The van der Waals surface area contributed by atoms with Crippen molar-refractivity contribution in [1.29, 1.82) is 0 Å². The van der Waals surface area contributed by atoms with Gasteiger partial charge in [0.2, 0.25) is 11.1 Å². The normalized spacial score (nSPS) is 11.4. The summed E-state index contributed by atoms with van der Waals surface area (Å²) in [7, 11) is 0. The number of ether oxygens (including phenoxy) is 1. The third kappa shape index (κ3) is 3.20. The molecule has 0 N–H and O–H groups in total. The highest BCUT2D eigenvalue weighted by Crippen LogP contribution is 2.34. The van der Waals surface area contributed by atoms with Crippen LogP contribution in [0.2, 0.25) is 5.28 Å². The van der Waals surface area contributed by atoms with Gasteiger partial charge in [0, 0.05) is 5.56 Å². The molecule has 0 aliphatic heterocycles. The lowest BCUT2D eigenvalue weighted by Gasteiger charge is -2.22. The molecule has 0 saturated carbocycles. The van der Waals surface area contributed by atoms with Gasteiger partial charge in [-0.05, 0) is 23.1 Å². The second-order valence-corrected chi connectivity index (χ2v) is 5.48. The van der Waals surface area contributed by atoms with Crippen molar-refractivity contribution < 1.29 is 9.13 Å². The first-order chi connectivity index (χ1) is 8.88. The van der Waals surface area contributed by atoms with Crippen LogP contribution in [-0.4, -0.2) is 9.97 Å². The number of nitrogens with zero attached hydrogens (tertiary/aromatic N) is 2. The van der Waals surface area contributed by atoms with Crippen molar-refractivity contribution in [1.82, 2.24) is 9.97 Å². The molecule has 0 fully saturated rings. The van der Waals surface area contributed by atoms with Crippen LogP contribution in [0.15, 0.2) is 30.5 Å². The highest BCUT2D eigenvalue weighted by molar-refractivity contribution is 6.28. The summed E-state index contributed by atoms with van der Waals surface area (Å²) >= 11 is 5.64. The van der Waals surface area contributed by atoms with Crippen molar-refractivity contribution in [3.05, 3.63) is 47.1 Å². The maximum absolute atomic E-state index is 13.6. The van der Waals surface area contributed by atoms with Gasteiger partial charge in [-0.25, -0.2) is 4.98 Å². The van der Waals surface area contributed by atoms with E-state index < -0.39 is 5.82 Å². The third-order valence-corrected chi connectivity index (χ3v) is 2.77. The Morgan fingerprint density at radius 1 is 1.21 bits per heavy atom. The third-order valence-electron chi connectivity index (χ3n) is 2.58. The lowest BCUT2D eigenvalue weighted by Crippen LogP contribution is -2.12. The van der Waals surface area contributed by atoms with Gasteiger partial charge in [0.15, 0.2) is 0 Å². The first-order valence-corrected chi connectivity index (χ1v) is 6.21. The second kappa shape index (κ2) is 5.13. The van der Waals surface area contributed by atoms with E-state index >= 15 is 0 Å². The van der Waals surface area contributed by atoms with E-state index in [0.717, 1.165) is 11.8 Å². The molecular weight excluding hydrogens is 267 g/mol. The number of hydrogen-bond acceptors (Lipinski definition) is 3. The van der Waals surface area contributed by atoms with E-state index in [4.69, 9.17) is 16.3 Å². The molecular formula is C14H14ClFN2O. The SMILES string of the molecule is CC(C)(C)c1ccccc1Oc1nc(Cl)ncc1F. The highest BCUT2D eigenvalue weighted by Gasteiger charge is 2.20. The lowest BCUT2D eigenvalue weighted by atomic mass is 9.86. The zero-order valence-corrected chi connectivity index (χ0v) is 11.7. The van der Waals surface area contributed by atoms with E-state index in [1.165, 1.54) is 0 Å². The van der Waals surface area contributed by atoms with Crippen molar-refractivity contribution in [3.63, 3.8) is 0 Å². The standard InChI is InChI=1S/C14H14ClFN2O/c1-14(2,3)9-6-4-5-7-11(9)19-12-10(16)8-17-13(15)18-12/h4-8H,1-3H3. The summed E-state index contributed by atoms with van der Waals surface area (Å²) in [6, 6.07) is 7.45. The quantitative estimate of drug-likeness (QED) is 0.767. The number of aromatic nitrogens is 2. The summed E-state index contributed by atoms with van der Waals surface area (Å²) < 4.78 is 19.1. The van der Waals surface area contributed by atoms with Gasteiger partial charge in [0.05, 0.1) is 6.20 Å². The van der Waals surface area contributed by atoms with Gasteiger partial charge in [0.1, 0.15) is 5.75 Å². The monoisotopic (exact) mass is 280 g/mol. The molecule has 2 rings (SSSR count). The van der Waals surface area contributed by atoms with Crippen LogP contribution in [0.3, 0.4) is 0 Å². The summed E-state index contributed by atoms with van der Waals surface area (Å²) in [5.41, 5.74) is 0.841. The van der Waals surface area contributed by atoms with Crippen LogP contribution in [0.25, 0.3) is 0 Å². The highest BCUT2D eigenvalue weighted by atomic mass is 35.5. The molecule has 5 heteroatoms. The molecule has 1 heterocycles. The number of rotatable bonds is 2. The van der Waals surface area contributed by atoms with E-state index in [-0.39, 0.29) is 16.6 Å².